The molecule has 1 heterocycles. The molecule has 1 aromatic heterocycles. The van der Waals surface area contributed by atoms with Gasteiger partial charge in [-0.15, -0.1) is 6.58 Å². The van der Waals surface area contributed by atoms with Crippen molar-refractivity contribution in [1.29, 1.82) is 0 Å². The molecule has 0 saturated heterocycles. The molecule has 0 atom stereocenters. The van der Waals surface area contributed by atoms with Gasteiger partial charge in [-0.05, 0) is 11.3 Å². The second-order valence-electron chi connectivity index (χ2n) is 1.90. The van der Waals surface area contributed by atoms with Crippen LogP contribution in [0.4, 0.5) is 0 Å². The van der Waals surface area contributed by atoms with Crippen molar-refractivity contribution in [3.05, 3.63) is 22.3 Å². The molecule has 1 rings (SSSR count). The molecule has 0 unspecified atom stereocenters. The second-order valence-corrected chi connectivity index (χ2v) is 2.84. The van der Waals surface area contributed by atoms with E-state index in [-0.39, 0.29) is 22.4 Å². The van der Waals surface area contributed by atoms with Gasteiger partial charge < -0.3 is 10.2 Å². The summed E-state index contributed by atoms with van der Waals surface area (Å²) in [5.74, 6) is -0.389. The highest BCUT2D eigenvalue weighted by Crippen LogP contribution is 2.26. The zero-order valence-corrected chi connectivity index (χ0v) is 6.47. The van der Waals surface area contributed by atoms with Crippen LogP contribution < -0.4 is 4.87 Å². The van der Waals surface area contributed by atoms with E-state index in [0.717, 1.165) is 4.57 Å². The Labute approximate surface area is 66.7 Å². The molecule has 0 aromatic carbocycles. The predicted octanol–water partition coefficient (Wildman–Crippen LogP) is 0.507. The summed E-state index contributed by atoms with van der Waals surface area (Å²) in [6.07, 6.45) is 1.47. The van der Waals surface area contributed by atoms with E-state index in [1.165, 1.54) is 6.08 Å². The highest BCUT2D eigenvalue weighted by molar-refractivity contribution is 7.11. The van der Waals surface area contributed by atoms with Crippen LogP contribution in [0.5, 0.6) is 10.9 Å². The van der Waals surface area contributed by atoms with Crippen molar-refractivity contribution in [3.63, 3.8) is 0 Å². The maximum atomic E-state index is 10.9. The van der Waals surface area contributed by atoms with Crippen LogP contribution >= 0.6 is 11.3 Å². The molecule has 0 spiro atoms. The SMILES string of the molecule is C=CCn1c(O)c(O)sc1=O. The number of aromatic nitrogens is 1. The van der Waals surface area contributed by atoms with Crippen molar-refractivity contribution in [2.75, 3.05) is 0 Å². The van der Waals surface area contributed by atoms with Crippen LogP contribution in [0.1, 0.15) is 0 Å². The minimum Gasteiger partial charge on any atom is -0.496 e. The molecular formula is C6H7NO3S. The summed E-state index contributed by atoms with van der Waals surface area (Å²) in [7, 11) is 0. The predicted molar refractivity (Wildman–Crippen MR) is 42.1 cm³/mol. The number of rotatable bonds is 2. The van der Waals surface area contributed by atoms with Gasteiger partial charge in [0.05, 0.1) is 0 Å². The molecule has 4 nitrogen and oxygen atoms in total. The summed E-state index contributed by atoms with van der Waals surface area (Å²) < 4.78 is 1.03. The molecule has 0 aliphatic rings. The minimum atomic E-state index is -0.389. The molecule has 0 aliphatic heterocycles. The van der Waals surface area contributed by atoms with Crippen LogP contribution in [0.25, 0.3) is 0 Å². The maximum Gasteiger partial charge on any atom is 0.313 e. The summed E-state index contributed by atoms with van der Waals surface area (Å²) in [5.41, 5.74) is 0. The first-order chi connectivity index (χ1) is 5.16. The molecule has 2 N–H and O–H groups in total. The van der Waals surface area contributed by atoms with E-state index in [4.69, 9.17) is 10.2 Å². The number of hydrogen-bond acceptors (Lipinski definition) is 4. The Kier molecular flexibility index (Phi) is 2.00. The van der Waals surface area contributed by atoms with Gasteiger partial charge in [-0.1, -0.05) is 6.08 Å². The first-order valence-corrected chi connectivity index (χ1v) is 3.71. The number of nitrogens with zero attached hydrogens (tertiary/aromatic N) is 1. The lowest BCUT2D eigenvalue weighted by Gasteiger charge is -1.95. The smallest absolute Gasteiger partial charge is 0.313 e. The molecule has 5 heteroatoms. The fourth-order valence-electron chi connectivity index (χ4n) is 0.675. The van der Waals surface area contributed by atoms with E-state index >= 15 is 0 Å². The Bertz CT molecular complexity index is 325. The molecule has 0 fully saturated rings. The third-order valence-corrected chi connectivity index (χ3v) is 1.93. The Morgan fingerprint density at radius 1 is 1.64 bits per heavy atom. The lowest BCUT2D eigenvalue weighted by atomic mass is 10.6. The van der Waals surface area contributed by atoms with Crippen molar-refractivity contribution < 1.29 is 10.2 Å². The third-order valence-electron chi connectivity index (χ3n) is 1.16. The lowest BCUT2D eigenvalue weighted by molar-refractivity contribution is 0.379. The summed E-state index contributed by atoms with van der Waals surface area (Å²) in [4.78, 5) is 10.5. The van der Waals surface area contributed by atoms with Gasteiger partial charge in [0.15, 0.2) is 0 Å². The fourth-order valence-corrected chi connectivity index (χ4v) is 1.31. The summed E-state index contributed by atoms with van der Waals surface area (Å²) in [5, 5.41) is 17.5. The number of thiazole rings is 1. The zero-order valence-electron chi connectivity index (χ0n) is 5.65. The Morgan fingerprint density at radius 2 is 2.27 bits per heavy atom. The molecular weight excluding hydrogens is 166 g/mol. The quantitative estimate of drug-likeness (QED) is 0.640. The second kappa shape index (κ2) is 2.79. The average molecular weight is 173 g/mol. The van der Waals surface area contributed by atoms with Gasteiger partial charge in [0.25, 0.3) is 0 Å². The largest absolute Gasteiger partial charge is 0.496 e. The molecule has 0 aliphatic carbocycles. The normalized spacial score (nSPS) is 9.82. The first kappa shape index (κ1) is 7.87. The van der Waals surface area contributed by atoms with E-state index in [9.17, 15) is 4.79 Å². The third kappa shape index (κ3) is 1.27. The van der Waals surface area contributed by atoms with Crippen molar-refractivity contribution in [1.82, 2.24) is 4.57 Å². The monoisotopic (exact) mass is 173 g/mol. The van der Waals surface area contributed by atoms with Gasteiger partial charge in [0.1, 0.15) is 0 Å². The lowest BCUT2D eigenvalue weighted by Crippen LogP contribution is -2.10. The highest BCUT2D eigenvalue weighted by atomic mass is 32.1. The van der Waals surface area contributed by atoms with Crippen molar-refractivity contribution >= 4 is 11.3 Å². The van der Waals surface area contributed by atoms with Crippen LogP contribution in [0, 0.1) is 0 Å². The van der Waals surface area contributed by atoms with E-state index < -0.39 is 0 Å². The van der Waals surface area contributed by atoms with Gasteiger partial charge in [0.2, 0.25) is 10.9 Å². The van der Waals surface area contributed by atoms with Crippen LogP contribution in [-0.4, -0.2) is 14.8 Å². The standard InChI is InChI=1S/C6H7NO3S/c1-2-3-7-4(8)5(9)11-6(7)10/h2,8-9H,1,3H2. The molecule has 0 radical (unpaired) electrons. The number of hydrogen-bond donors (Lipinski definition) is 2. The van der Waals surface area contributed by atoms with E-state index in [0.29, 0.717) is 11.3 Å². The molecule has 0 bridgehead atoms. The Balaban J connectivity index is 3.22. The van der Waals surface area contributed by atoms with E-state index in [2.05, 4.69) is 6.58 Å². The van der Waals surface area contributed by atoms with Crippen LogP contribution in [-0.2, 0) is 6.54 Å². The molecule has 1 aromatic rings. The Morgan fingerprint density at radius 3 is 2.64 bits per heavy atom. The van der Waals surface area contributed by atoms with Gasteiger partial charge in [-0.2, -0.15) is 0 Å². The van der Waals surface area contributed by atoms with Crippen LogP contribution in [0.15, 0.2) is 17.4 Å². The van der Waals surface area contributed by atoms with E-state index in [1.54, 1.807) is 0 Å². The number of aromatic hydroxyl groups is 2. The topological polar surface area (TPSA) is 62.5 Å². The molecule has 11 heavy (non-hydrogen) atoms. The maximum absolute atomic E-state index is 10.9. The summed E-state index contributed by atoms with van der Waals surface area (Å²) in [6.45, 7) is 3.61. The van der Waals surface area contributed by atoms with Crippen molar-refractivity contribution in [3.8, 4) is 10.9 Å². The summed E-state index contributed by atoms with van der Waals surface area (Å²) >= 11 is 0.601. The van der Waals surface area contributed by atoms with Gasteiger partial charge >= 0.3 is 4.87 Å². The highest BCUT2D eigenvalue weighted by Gasteiger charge is 2.10. The van der Waals surface area contributed by atoms with Crippen molar-refractivity contribution in [2.45, 2.75) is 6.54 Å². The number of allylic oxidation sites excluding steroid dienone is 1. The van der Waals surface area contributed by atoms with Gasteiger partial charge in [0, 0.05) is 6.54 Å². The van der Waals surface area contributed by atoms with Gasteiger partial charge in [-0.3, -0.25) is 9.36 Å². The summed E-state index contributed by atoms with van der Waals surface area (Å²) in [6, 6.07) is 0. The molecule has 0 amide bonds. The first-order valence-electron chi connectivity index (χ1n) is 2.89. The van der Waals surface area contributed by atoms with Crippen molar-refractivity contribution in [2.24, 2.45) is 0 Å². The minimum absolute atomic E-state index is 0.210. The fraction of sp³-hybridized carbons (Fsp3) is 0.167. The molecule has 0 saturated carbocycles. The molecule has 60 valence electrons. The average Bonchev–Trinajstić information content (AvgIpc) is 2.17. The zero-order chi connectivity index (χ0) is 8.43. The van der Waals surface area contributed by atoms with Crippen LogP contribution in [0.3, 0.4) is 0 Å². The van der Waals surface area contributed by atoms with Gasteiger partial charge in [-0.25, -0.2) is 0 Å². The van der Waals surface area contributed by atoms with Crippen LogP contribution in [0.2, 0.25) is 0 Å². The van der Waals surface area contributed by atoms with E-state index in [1.807, 2.05) is 0 Å². The Hall–Kier alpha value is -1.23.